The normalized spacial score (nSPS) is 10.7. The number of rotatable bonds is 5. The van der Waals surface area contributed by atoms with Gasteiger partial charge in [-0.15, -0.1) is 11.3 Å². The predicted molar refractivity (Wildman–Crippen MR) is 60.2 cm³/mol. The number of amides is 1. The average molecular weight is 228 g/mol. The first kappa shape index (κ1) is 12.1. The van der Waals surface area contributed by atoms with Crippen LogP contribution in [-0.4, -0.2) is 42.1 Å². The molecule has 0 aliphatic heterocycles. The van der Waals surface area contributed by atoms with Crippen molar-refractivity contribution >= 4 is 17.2 Å². The zero-order chi connectivity index (χ0) is 11.3. The molecule has 0 N–H and O–H groups in total. The second-order valence-electron chi connectivity index (χ2n) is 3.52. The molecule has 0 atom stereocenters. The zero-order valence-electron chi connectivity index (χ0n) is 9.27. The molecule has 0 aromatic carbocycles. The lowest BCUT2D eigenvalue weighted by Gasteiger charge is -2.16. The van der Waals surface area contributed by atoms with Gasteiger partial charge in [0, 0.05) is 19.0 Å². The van der Waals surface area contributed by atoms with Crippen LogP contribution >= 0.6 is 11.3 Å². The van der Waals surface area contributed by atoms with Gasteiger partial charge < -0.3 is 9.64 Å². The van der Waals surface area contributed by atoms with Crippen LogP contribution in [-0.2, 0) is 4.74 Å². The first-order valence-electron chi connectivity index (χ1n) is 4.86. The van der Waals surface area contributed by atoms with Crippen molar-refractivity contribution in [3.8, 4) is 0 Å². The molecule has 5 heteroatoms. The molecular formula is C10H16N2O2S. The summed E-state index contributed by atoms with van der Waals surface area (Å²) in [6.07, 6.45) is 0.202. The smallest absolute Gasteiger partial charge is 0.273 e. The van der Waals surface area contributed by atoms with Crippen LogP contribution in [0.15, 0.2) is 10.9 Å². The van der Waals surface area contributed by atoms with Crippen LogP contribution in [0, 0.1) is 0 Å². The Morgan fingerprint density at radius 1 is 1.67 bits per heavy atom. The summed E-state index contributed by atoms with van der Waals surface area (Å²) < 4.78 is 5.37. The maximum atomic E-state index is 11.7. The summed E-state index contributed by atoms with van der Waals surface area (Å²) in [6, 6.07) is 0. The van der Waals surface area contributed by atoms with Crippen LogP contribution in [0.3, 0.4) is 0 Å². The summed E-state index contributed by atoms with van der Waals surface area (Å²) in [6.45, 7) is 5.10. The van der Waals surface area contributed by atoms with Crippen LogP contribution in [0.2, 0.25) is 0 Å². The van der Waals surface area contributed by atoms with Crippen LogP contribution in [0.4, 0.5) is 0 Å². The molecule has 1 amide bonds. The molecule has 84 valence electrons. The molecule has 0 aliphatic carbocycles. The van der Waals surface area contributed by atoms with Crippen molar-refractivity contribution in [1.82, 2.24) is 9.88 Å². The van der Waals surface area contributed by atoms with Gasteiger partial charge in [0.2, 0.25) is 0 Å². The molecule has 0 aliphatic rings. The highest BCUT2D eigenvalue weighted by molar-refractivity contribution is 7.07. The van der Waals surface area contributed by atoms with E-state index in [4.69, 9.17) is 4.74 Å². The van der Waals surface area contributed by atoms with Crippen molar-refractivity contribution in [2.75, 3.05) is 20.2 Å². The highest BCUT2D eigenvalue weighted by atomic mass is 32.1. The van der Waals surface area contributed by atoms with Gasteiger partial charge in [-0.1, -0.05) is 0 Å². The van der Waals surface area contributed by atoms with Gasteiger partial charge in [0.1, 0.15) is 5.69 Å². The first-order valence-corrected chi connectivity index (χ1v) is 5.80. The number of carbonyl (C=O) groups excluding carboxylic acids is 1. The summed E-state index contributed by atoms with van der Waals surface area (Å²) >= 11 is 1.42. The maximum absolute atomic E-state index is 11.7. The number of carbonyl (C=O) groups is 1. The second-order valence-corrected chi connectivity index (χ2v) is 4.24. The number of thiazole rings is 1. The molecule has 0 spiro atoms. The van der Waals surface area contributed by atoms with Crippen molar-refractivity contribution < 1.29 is 9.53 Å². The lowest BCUT2D eigenvalue weighted by molar-refractivity contribution is 0.0529. The Kier molecular flexibility index (Phi) is 4.71. The maximum Gasteiger partial charge on any atom is 0.273 e. The van der Waals surface area contributed by atoms with E-state index in [1.165, 1.54) is 11.3 Å². The molecule has 0 saturated carbocycles. The van der Waals surface area contributed by atoms with Crippen molar-refractivity contribution in [3.05, 3.63) is 16.6 Å². The quantitative estimate of drug-likeness (QED) is 0.769. The molecule has 0 fully saturated rings. The summed E-state index contributed by atoms with van der Waals surface area (Å²) in [4.78, 5) is 17.3. The minimum absolute atomic E-state index is 0.0522. The number of nitrogens with zero attached hydrogens (tertiary/aromatic N) is 2. The average Bonchev–Trinajstić information content (AvgIpc) is 2.68. The largest absolute Gasteiger partial charge is 0.377 e. The van der Waals surface area contributed by atoms with Gasteiger partial charge in [-0.05, 0) is 13.8 Å². The molecule has 0 saturated heterocycles. The molecule has 1 aromatic rings. The Hall–Kier alpha value is -0.940. The third kappa shape index (κ3) is 3.97. The number of hydrogen-bond acceptors (Lipinski definition) is 4. The number of ether oxygens (including phenoxy) is 1. The third-order valence-corrected chi connectivity index (χ3v) is 2.46. The van der Waals surface area contributed by atoms with Crippen molar-refractivity contribution in [2.24, 2.45) is 0 Å². The van der Waals surface area contributed by atoms with Gasteiger partial charge in [0.05, 0.1) is 18.2 Å². The van der Waals surface area contributed by atoms with E-state index in [2.05, 4.69) is 4.98 Å². The molecule has 4 nitrogen and oxygen atoms in total. The van der Waals surface area contributed by atoms with E-state index >= 15 is 0 Å². The second kappa shape index (κ2) is 5.82. The number of likely N-dealkylation sites (N-methyl/N-ethyl adjacent to an activating group) is 1. The molecule has 0 radical (unpaired) electrons. The topological polar surface area (TPSA) is 42.4 Å². The molecule has 0 bridgehead atoms. The van der Waals surface area contributed by atoms with Crippen molar-refractivity contribution in [3.63, 3.8) is 0 Å². The zero-order valence-corrected chi connectivity index (χ0v) is 10.1. The van der Waals surface area contributed by atoms with Crippen LogP contribution in [0.1, 0.15) is 24.3 Å². The fourth-order valence-electron chi connectivity index (χ4n) is 1.04. The molecule has 1 heterocycles. The minimum Gasteiger partial charge on any atom is -0.377 e. The van der Waals surface area contributed by atoms with E-state index in [0.717, 1.165) is 0 Å². The van der Waals surface area contributed by atoms with E-state index in [-0.39, 0.29) is 12.0 Å². The van der Waals surface area contributed by atoms with Crippen LogP contribution < -0.4 is 0 Å². The van der Waals surface area contributed by atoms with E-state index < -0.39 is 0 Å². The third-order valence-electron chi connectivity index (χ3n) is 1.88. The van der Waals surface area contributed by atoms with Crippen molar-refractivity contribution in [2.45, 2.75) is 20.0 Å². The van der Waals surface area contributed by atoms with Gasteiger partial charge in [-0.3, -0.25) is 4.79 Å². The lowest BCUT2D eigenvalue weighted by Crippen LogP contribution is -2.30. The summed E-state index contributed by atoms with van der Waals surface area (Å²) in [7, 11) is 1.76. The van der Waals surface area contributed by atoms with Crippen molar-refractivity contribution in [1.29, 1.82) is 0 Å². The van der Waals surface area contributed by atoms with Gasteiger partial charge in [-0.25, -0.2) is 4.98 Å². The standard InChI is InChI=1S/C10H16N2O2S/c1-8(2)14-5-4-12(3)10(13)9-6-15-7-11-9/h6-8H,4-5H2,1-3H3. The molecule has 1 rings (SSSR count). The van der Waals surface area contributed by atoms with Gasteiger partial charge in [0.15, 0.2) is 0 Å². The van der Waals surface area contributed by atoms with E-state index in [1.807, 2.05) is 13.8 Å². The highest BCUT2D eigenvalue weighted by Gasteiger charge is 2.12. The summed E-state index contributed by atoms with van der Waals surface area (Å²) in [5.41, 5.74) is 2.16. The molecule has 1 aromatic heterocycles. The molecule has 15 heavy (non-hydrogen) atoms. The monoisotopic (exact) mass is 228 g/mol. The number of hydrogen-bond donors (Lipinski definition) is 0. The SMILES string of the molecule is CC(C)OCCN(C)C(=O)c1cscn1. The highest BCUT2D eigenvalue weighted by Crippen LogP contribution is 2.04. The first-order chi connectivity index (χ1) is 7.11. The molecule has 0 unspecified atom stereocenters. The van der Waals surface area contributed by atoms with Gasteiger partial charge >= 0.3 is 0 Å². The number of aromatic nitrogens is 1. The molecular weight excluding hydrogens is 212 g/mol. The van der Waals surface area contributed by atoms with Crippen LogP contribution in [0.25, 0.3) is 0 Å². The Labute approximate surface area is 93.9 Å². The van der Waals surface area contributed by atoms with E-state index in [1.54, 1.807) is 22.8 Å². The predicted octanol–water partition coefficient (Wildman–Crippen LogP) is 1.64. The lowest BCUT2D eigenvalue weighted by atomic mass is 10.4. The van der Waals surface area contributed by atoms with E-state index in [9.17, 15) is 4.79 Å². The minimum atomic E-state index is -0.0522. The van der Waals surface area contributed by atoms with Gasteiger partial charge in [0.25, 0.3) is 5.91 Å². The van der Waals surface area contributed by atoms with Gasteiger partial charge in [-0.2, -0.15) is 0 Å². The fourth-order valence-corrected chi connectivity index (χ4v) is 1.57. The Morgan fingerprint density at radius 3 is 2.93 bits per heavy atom. The summed E-state index contributed by atoms with van der Waals surface area (Å²) in [5, 5.41) is 1.75. The van der Waals surface area contributed by atoms with Crippen LogP contribution in [0.5, 0.6) is 0 Å². The Morgan fingerprint density at radius 2 is 2.40 bits per heavy atom. The Balaban J connectivity index is 2.34. The summed E-state index contributed by atoms with van der Waals surface area (Å²) in [5.74, 6) is -0.0522. The Bertz CT molecular complexity index is 298. The fraction of sp³-hybridized carbons (Fsp3) is 0.600. The van der Waals surface area contributed by atoms with E-state index in [0.29, 0.717) is 18.8 Å².